The second kappa shape index (κ2) is 7.45. The monoisotopic (exact) mass is 253 g/mol. The average Bonchev–Trinajstić information content (AvgIpc) is 2.34. The van der Waals surface area contributed by atoms with E-state index in [1.807, 2.05) is 0 Å². The molecule has 0 radical (unpaired) electrons. The number of aromatic carboxylic acids is 1. The Kier molecular flexibility index (Phi) is 5.87. The van der Waals surface area contributed by atoms with Crippen molar-refractivity contribution in [3.05, 3.63) is 42.2 Å². The number of nitrogens with one attached hydrogen (secondary N) is 1. The molecule has 0 saturated heterocycles. The number of carboxylic acids is 1. The Morgan fingerprint density at radius 3 is 2.94 bits per heavy atom. The van der Waals surface area contributed by atoms with E-state index in [0.717, 1.165) is 6.42 Å². The lowest BCUT2D eigenvalue weighted by Gasteiger charge is -2.10. The van der Waals surface area contributed by atoms with Gasteiger partial charge in [0.1, 0.15) is 5.82 Å². The number of ether oxygens (including phenoxy) is 1. The first-order valence-electron chi connectivity index (χ1n) is 5.61. The first kappa shape index (κ1) is 14.2. The zero-order chi connectivity index (χ0) is 13.4. The molecule has 1 rings (SSSR count). The minimum atomic E-state index is -1.16. The quantitative estimate of drug-likeness (QED) is 0.552. The molecule has 18 heavy (non-hydrogen) atoms. The fraction of sp³-hybridized carbons (Fsp3) is 0.308. The molecule has 5 heteroatoms. The summed E-state index contributed by atoms with van der Waals surface area (Å²) in [6.45, 7) is 4.83. The normalized spacial score (nSPS) is 10.1. The van der Waals surface area contributed by atoms with E-state index < -0.39 is 11.8 Å². The van der Waals surface area contributed by atoms with Gasteiger partial charge in [-0.05, 0) is 18.6 Å². The highest BCUT2D eigenvalue weighted by Crippen LogP contribution is 2.19. The van der Waals surface area contributed by atoms with E-state index in [9.17, 15) is 9.18 Å². The van der Waals surface area contributed by atoms with E-state index in [0.29, 0.717) is 19.8 Å². The van der Waals surface area contributed by atoms with Gasteiger partial charge < -0.3 is 15.2 Å². The van der Waals surface area contributed by atoms with Gasteiger partial charge in [-0.25, -0.2) is 9.18 Å². The molecule has 0 spiro atoms. The zero-order valence-corrected chi connectivity index (χ0v) is 9.99. The second-order valence-corrected chi connectivity index (χ2v) is 3.58. The summed E-state index contributed by atoms with van der Waals surface area (Å²) in [5, 5.41) is 11.6. The van der Waals surface area contributed by atoms with Gasteiger partial charge in [-0.2, -0.15) is 0 Å². The lowest BCUT2D eigenvalue weighted by Crippen LogP contribution is -2.14. The van der Waals surface area contributed by atoms with Crippen LogP contribution in [0.3, 0.4) is 0 Å². The molecular formula is C13H16FNO3. The minimum absolute atomic E-state index is 0.00248. The maximum atomic E-state index is 13.5. The molecule has 1 aromatic carbocycles. The van der Waals surface area contributed by atoms with Crippen LogP contribution in [0.2, 0.25) is 0 Å². The SMILES string of the molecule is C=CCCOCCNc1c(F)cccc1C(=O)O. The molecule has 0 aromatic heterocycles. The summed E-state index contributed by atoms with van der Waals surface area (Å²) in [6.07, 6.45) is 2.49. The standard InChI is InChI=1S/C13H16FNO3/c1-2-3-8-18-9-7-15-12-10(13(16)17)5-4-6-11(12)14/h2,4-6,15H,1,3,7-9H2,(H,16,17). The molecule has 0 saturated carbocycles. The van der Waals surface area contributed by atoms with Gasteiger partial charge in [0.2, 0.25) is 0 Å². The highest BCUT2D eigenvalue weighted by Gasteiger charge is 2.13. The summed E-state index contributed by atoms with van der Waals surface area (Å²) >= 11 is 0. The van der Waals surface area contributed by atoms with Crippen LogP contribution >= 0.6 is 0 Å². The molecule has 0 aliphatic heterocycles. The van der Waals surface area contributed by atoms with E-state index in [2.05, 4.69) is 11.9 Å². The Morgan fingerprint density at radius 1 is 1.50 bits per heavy atom. The third-order valence-electron chi connectivity index (χ3n) is 2.26. The Hall–Kier alpha value is -1.88. The summed E-state index contributed by atoms with van der Waals surface area (Å²) < 4.78 is 18.7. The van der Waals surface area contributed by atoms with Crippen LogP contribution in [0.25, 0.3) is 0 Å². The highest BCUT2D eigenvalue weighted by atomic mass is 19.1. The number of carbonyl (C=O) groups is 1. The number of para-hydroxylation sites is 1. The van der Waals surface area contributed by atoms with E-state index in [1.54, 1.807) is 6.08 Å². The third kappa shape index (κ3) is 4.18. The first-order valence-corrected chi connectivity index (χ1v) is 5.61. The van der Waals surface area contributed by atoms with Crippen LogP contribution in [0, 0.1) is 5.82 Å². The molecule has 0 amide bonds. The average molecular weight is 253 g/mol. The van der Waals surface area contributed by atoms with Crippen LogP contribution in [0.1, 0.15) is 16.8 Å². The molecule has 98 valence electrons. The Balaban J connectivity index is 2.51. The summed E-state index contributed by atoms with van der Waals surface area (Å²) in [5.41, 5.74) is -0.0848. The van der Waals surface area contributed by atoms with Crippen LogP contribution in [0.5, 0.6) is 0 Å². The lowest BCUT2D eigenvalue weighted by molar-refractivity contribution is 0.0697. The fourth-order valence-electron chi connectivity index (χ4n) is 1.40. The van der Waals surface area contributed by atoms with Crippen LogP contribution in [-0.4, -0.2) is 30.8 Å². The summed E-state index contributed by atoms with van der Waals surface area (Å²) in [6, 6.07) is 3.93. The molecular weight excluding hydrogens is 237 g/mol. The number of hydrogen-bond acceptors (Lipinski definition) is 3. The third-order valence-corrected chi connectivity index (χ3v) is 2.26. The van der Waals surface area contributed by atoms with Gasteiger partial charge in [-0.3, -0.25) is 0 Å². The molecule has 0 bridgehead atoms. The van der Waals surface area contributed by atoms with Crippen molar-refractivity contribution in [1.82, 2.24) is 0 Å². The second-order valence-electron chi connectivity index (χ2n) is 3.58. The van der Waals surface area contributed by atoms with E-state index >= 15 is 0 Å². The van der Waals surface area contributed by atoms with Crippen LogP contribution in [0.4, 0.5) is 10.1 Å². The Bertz CT molecular complexity index is 421. The van der Waals surface area contributed by atoms with Gasteiger partial charge >= 0.3 is 5.97 Å². The first-order chi connectivity index (χ1) is 8.66. The number of rotatable bonds is 8. The minimum Gasteiger partial charge on any atom is -0.478 e. The smallest absolute Gasteiger partial charge is 0.337 e. The number of hydrogen-bond donors (Lipinski definition) is 2. The van der Waals surface area contributed by atoms with E-state index in [-0.39, 0.29) is 11.3 Å². The molecule has 2 N–H and O–H groups in total. The van der Waals surface area contributed by atoms with Crippen molar-refractivity contribution < 1.29 is 19.0 Å². The summed E-state index contributed by atoms with van der Waals surface area (Å²) in [4.78, 5) is 10.9. The van der Waals surface area contributed by atoms with Crippen molar-refractivity contribution in [2.24, 2.45) is 0 Å². The number of halogens is 1. The van der Waals surface area contributed by atoms with Crippen molar-refractivity contribution in [3.63, 3.8) is 0 Å². The zero-order valence-electron chi connectivity index (χ0n) is 9.99. The maximum Gasteiger partial charge on any atom is 0.337 e. The van der Waals surface area contributed by atoms with E-state index in [4.69, 9.17) is 9.84 Å². The molecule has 0 heterocycles. The van der Waals surface area contributed by atoms with Gasteiger partial charge in [0.15, 0.2) is 0 Å². The molecule has 4 nitrogen and oxygen atoms in total. The molecule has 0 unspecified atom stereocenters. The molecule has 0 aliphatic carbocycles. The number of anilines is 1. The van der Waals surface area contributed by atoms with E-state index in [1.165, 1.54) is 18.2 Å². The van der Waals surface area contributed by atoms with Crippen molar-refractivity contribution in [1.29, 1.82) is 0 Å². The van der Waals surface area contributed by atoms with Crippen molar-refractivity contribution in [2.75, 3.05) is 25.1 Å². The summed E-state index contributed by atoms with van der Waals surface area (Å²) in [7, 11) is 0. The predicted molar refractivity (Wildman–Crippen MR) is 67.5 cm³/mol. The van der Waals surface area contributed by atoms with Gasteiger partial charge in [0.05, 0.1) is 24.5 Å². The molecule has 0 atom stereocenters. The summed E-state index contributed by atoms with van der Waals surface area (Å²) in [5.74, 6) is -1.74. The largest absolute Gasteiger partial charge is 0.478 e. The molecule has 0 fully saturated rings. The van der Waals surface area contributed by atoms with Crippen molar-refractivity contribution in [3.8, 4) is 0 Å². The fourth-order valence-corrected chi connectivity index (χ4v) is 1.40. The molecule has 0 aliphatic rings. The maximum absolute atomic E-state index is 13.5. The number of carboxylic acid groups (broad SMARTS) is 1. The van der Waals surface area contributed by atoms with Crippen molar-refractivity contribution >= 4 is 11.7 Å². The van der Waals surface area contributed by atoms with Gasteiger partial charge in [0, 0.05) is 6.54 Å². The lowest BCUT2D eigenvalue weighted by atomic mass is 10.1. The predicted octanol–water partition coefficient (Wildman–Crippen LogP) is 2.53. The van der Waals surface area contributed by atoms with Crippen LogP contribution in [-0.2, 0) is 4.74 Å². The van der Waals surface area contributed by atoms with Gasteiger partial charge in [-0.1, -0.05) is 12.1 Å². The Labute approximate surface area is 105 Å². The topological polar surface area (TPSA) is 58.6 Å². The highest BCUT2D eigenvalue weighted by molar-refractivity contribution is 5.94. The number of benzene rings is 1. The molecule has 1 aromatic rings. The van der Waals surface area contributed by atoms with Crippen LogP contribution < -0.4 is 5.32 Å². The van der Waals surface area contributed by atoms with Crippen molar-refractivity contribution in [2.45, 2.75) is 6.42 Å². The van der Waals surface area contributed by atoms with Gasteiger partial charge in [0.25, 0.3) is 0 Å². The van der Waals surface area contributed by atoms with Crippen LogP contribution in [0.15, 0.2) is 30.9 Å². The Morgan fingerprint density at radius 2 is 2.28 bits per heavy atom. The van der Waals surface area contributed by atoms with Gasteiger partial charge in [-0.15, -0.1) is 6.58 Å².